The molecule has 0 aliphatic carbocycles. The summed E-state index contributed by atoms with van der Waals surface area (Å²) in [5, 5.41) is 17.4. The highest BCUT2D eigenvalue weighted by Crippen LogP contribution is 2.22. The highest BCUT2D eigenvalue weighted by Gasteiger charge is 2.14. The van der Waals surface area contributed by atoms with Gasteiger partial charge in [-0.05, 0) is 29.8 Å². The summed E-state index contributed by atoms with van der Waals surface area (Å²) in [5.41, 5.74) is 2.30. The summed E-state index contributed by atoms with van der Waals surface area (Å²) >= 11 is 1.39. The quantitative estimate of drug-likeness (QED) is 0.262. The van der Waals surface area contributed by atoms with E-state index in [1.54, 1.807) is 41.3 Å². The van der Waals surface area contributed by atoms with Gasteiger partial charge < -0.3 is 14.2 Å². The third-order valence-electron chi connectivity index (χ3n) is 4.99. The minimum absolute atomic E-state index is 0.255. The second kappa shape index (κ2) is 11.1. The molecule has 174 valence electrons. The molecule has 0 N–H and O–H groups in total. The van der Waals surface area contributed by atoms with Crippen molar-refractivity contribution in [2.24, 2.45) is 5.10 Å². The number of carbonyl (C=O) groups is 1. The lowest BCUT2D eigenvalue weighted by molar-refractivity contribution is 0.0339. The molecule has 1 fully saturated rings. The number of benzene rings is 1. The maximum Gasteiger partial charge on any atom is 0.358 e. The van der Waals surface area contributed by atoms with Crippen LogP contribution in [0.4, 0.5) is 0 Å². The number of nitrogens with zero attached hydrogens (tertiary/aromatic N) is 7. The van der Waals surface area contributed by atoms with Gasteiger partial charge >= 0.3 is 5.97 Å². The lowest BCUT2D eigenvalue weighted by Gasteiger charge is -2.27. The van der Waals surface area contributed by atoms with E-state index in [1.807, 2.05) is 12.1 Å². The Bertz CT molecular complexity index is 1110. The molecule has 3 aromatic rings. The first-order chi connectivity index (χ1) is 16.2. The number of ether oxygens (including phenoxy) is 3. The van der Waals surface area contributed by atoms with Crippen LogP contribution in [0.15, 0.2) is 47.0 Å². The molecule has 2 aromatic heterocycles. The van der Waals surface area contributed by atoms with E-state index < -0.39 is 5.97 Å². The van der Waals surface area contributed by atoms with Gasteiger partial charge in [0.05, 0.1) is 39.5 Å². The van der Waals surface area contributed by atoms with Gasteiger partial charge in [-0.15, -0.1) is 10.2 Å². The van der Waals surface area contributed by atoms with Gasteiger partial charge in [-0.25, -0.2) is 4.79 Å². The molecule has 4 rings (SSSR count). The van der Waals surface area contributed by atoms with E-state index in [1.165, 1.54) is 18.9 Å². The van der Waals surface area contributed by atoms with Crippen molar-refractivity contribution in [3.8, 4) is 5.75 Å². The molecule has 1 aromatic carbocycles. The summed E-state index contributed by atoms with van der Waals surface area (Å²) in [6.07, 6.45) is 5.01. The van der Waals surface area contributed by atoms with Crippen LogP contribution in [0.3, 0.4) is 0 Å². The van der Waals surface area contributed by atoms with Gasteiger partial charge in [0.1, 0.15) is 12.1 Å². The van der Waals surface area contributed by atoms with Crippen LogP contribution >= 0.6 is 11.8 Å². The molecule has 0 bridgehead atoms. The fraction of sp³-hybridized carbons (Fsp3) is 0.381. The highest BCUT2D eigenvalue weighted by molar-refractivity contribution is 7.98. The zero-order chi connectivity index (χ0) is 23.0. The molecule has 1 saturated heterocycles. The molecule has 0 amide bonds. The topological polar surface area (TPSA) is 109 Å². The molecule has 11 nitrogen and oxygen atoms in total. The first-order valence-corrected chi connectivity index (χ1v) is 11.3. The molecule has 12 heteroatoms. The first kappa shape index (κ1) is 23.0. The van der Waals surface area contributed by atoms with E-state index in [0.29, 0.717) is 11.0 Å². The van der Waals surface area contributed by atoms with E-state index in [-0.39, 0.29) is 5.69 Å². The normalized spacial score (nSPS) is 14.6. The van der Waals surface area contributed by atoms with Crippen molar-refractivity contribution < 1.29 is 19.0 Å². The minimum Gasteiger partial charge on any atom is -0.496 e. The number of morpholine rings is 1. The van der Waals surface area contributed by atoms with Crippen molar-refractivity contribution in [3.63, 3.8) is 0 Å². The van der Waals surface area contributed by atoms with E-state index in [4.69, 9.17) is 9.47 Å². The summed E-state index contributed by atoms with van der Waals surface area (Å²) in [4.78, 5) is 13.9. The second-order valence-electron chi connectivity index (χ2n) is 7.17. The lowest BCUT2D eigenvalue weighted by atomic mass is 10.1. The SMILES string of the molecule is COC(=O)c1ccn(CSc2nncn2/N=C/c2ccc(OC)c(CN3CCOCC3)c2)n1. The summed E-state index contributed by atoms with van der Waals surface area (Å²) in [5.74, 6) is 0.820. The fourth-order valence-corrected chi connectivity index (χ4v) is 4.02. The zero-order valence-electron chi connectivity index (χ0n) is 18.5. The van der Waals surface area contributed by atoms with E-state index in [9.17, 15) is 4.79 Å². The van der Waals surface area contributed by atoms with Crippen molar-refractivity contribution in [1.29, 1.82) is 0 Å². The fourth-order valence-electron chi connectivity index (χ4n) is 3.30. The Hall–Kier alpha value is -3.22. The predicted molar refractivity (Wildman–Crippen MR) is 122 cm³/mol. The highest BCUT2D eigenvalue weighted by atomic mass is 32.2. The molecule has 0 spiro atoms. The second-order valence-corrected chi connectivity index (χ2v) is 8.08. The molecule has 1 aliphatic heterocycles. The molecule has 3 heterocycles. The number of hydrogen-bond acceptors (Lipinski definition) is 10. The van der Waals surface area contributed by atoms with Gasteiger partial charge in [0.15, 0.2) is 5.69 Å². The Morgan fingerprint density at radius 3 is 2.91 bits per heavy atom. The maximum atomic E-state index is 11.5. The third kappa shape index (κ3) is 5.97. The number of thioether (sulfide) groups is 1. The largest absolute Gasteiger partial charge is 0.496 e. The average molecular weight is 472 g/mol. The van der Waals surface area contributed by atoms with E-state index in [0.717, 1.165) is 49.7 Å². The summed E-state index contributed by atoms with van der Waals surface area (Å²) in [6.45, 7) is 4.10. The Morgan fingerprint density at radius 1 is 1.27 bits per heavy atom. The standard InChI is InChI=1S/C21H25N7O4S/c1-30-19-4-3-16(11-17(19)13-26-7-9-32-10-8-26)12-23-28-14-22-24-21(28)33-15-27-6-5-18(25-27)20(29)31-2/h3-6,11-12,14H,7-10,13,15H2,1-2H3/b23-12+. The third-order valence-corrected chi connectivity index (χ3v) is 5.92. The van der Waals surface area contributed by atoms with Crippen LogP contribution < -0.4 is 4.74 Å². The minimum atomic E-state index is -0.473. The van der Waals surface area contributed by atoms with Crippen LogP contribution in [-0.2, 0) is 21.9 Å². The molecule has 1 aliphatic rings. The van der Waals surface area contributed by atoms with Crippen LogP contribution in [0.5, 0.6) is 5.75 Å². The van der Waals surface area contributed by atoms with Crippen LogP contribution in [0, 0.1) is 0 Å². The predicted octanol–water partition coefficient (Wildman–Crippen LogP) is 1.73. The Kier molecular flexibility index (Phi) is 7.70. The van der Waals surface area contributed by atoms with Crippen molar-refractivity contribution in [1.82, 2.24) is 29.6 Å². The molecule has 0 saturated carbocycles. The Labute approximate surface area is 195 Å². The Balaban J connectivity index is 1.42. The van der Waals surface area contributed by atoms with E-state index >= 15 is 0 Å². The van der Waals surface area contributed by atoms with Gasteiger partial charge in [-0.2, -0.15) is 14.9 Å². The number of rotatable bonds is 9. The molecular formula is C21H25N7O4S. The van der Waals surface area contributed by atoms with Crippen LogP contribution in [0.25, 0.3) is 0 Å². The number of hydrogen-bond donors (Lipinski definition) is 0. The molecule has 0 atom stereocenters. The number of carbonyl (C=O) groups excluding carboxylic acids is 1. The number of methoxy groups -OCH3 is 2. The molecule has 0 unspecified atom stereocenters. The van der Waals surface area contributed by atoms with Crippen LogP contribution in [-0.4, -0.2) is 82.3 Å². The van der Waals surface area contributed by atoms with Crippen molar-refractivity contribution in [3.05, 3.63) is 53.6 Å². The Morgan fingerprint density at radius 2 is 2.12 bits per heavy atom. The zero-order valence-corrected chi connectivity index (χ0v) is 19.3. The number of esters is 1. The van der Waals surface area contributed by atoms with Gasteiger partial charge in [-0.1, -0.05) is 11.8 Å². The van der Waals surface area contributed by atoms with Crippen molar-refractivity contribution in [2.75, 3.05) is 40.5 Å². The van der Waals surface area contributed by atoms with Crippen molar-refractivity contribution >= 4 is 23.9 Å². The van der Waals surface area contributed by atoms with Gasteiger partial charge in [0, 0.05) is 31.4 Å². The lowest BCUT2D eigenvalue weighted by Crippen LogP contribution is -2.35. The van der Waals surface area contributed by atoms with Crippen LogP contribution in [0.1, 0.15) is 21.6 Å². The smallest absolute Gasteiger partial charge is 0.358 e. The monoisotopic (exact) mass is 471 g/mol. The van der Waals surface area contributed by atoms with Gasteiger partial charge in [0.25, 0.3) is 0 Å². The van der Waals surface area contributed by atoms with Crippen molar-refractivity contribution in [2.45, 2.75) is 17.6 Å². The maximum absolute atomic E-state index is 11.5. The van der Waals surface area contributed by atoms with Gasteiger partial charge in [-0.3, -0.25) is 9.58 Å². The average Bonchev–Trinajstić information content (AvgIpc) is 3.51. The van der Waals surface area contributed by atoms with Crippen LogP contribution in [0.2, 0.25) is 0 Å². The summed E-state index contributed by atoms with van der Waals surface area (Å²) in [7, 11) is 3.01. The van der Waals surface area contributed by atoms with E-state index in [2.05, 4.69) is 36.1 Å². The summed E-state index contributed by atoms with van der Waals surface area (Å²) < 4.78 is 18.9. The molecule has 0 radical (unpaired) electrons. The molecule has 33 heavy (non-hydrogen) atoms. The van der Waals surface area contributed by atoms with Gasteiger partial charge in [0.2, 0.25) is 5.16 Å². The number of aromatic nitrogens is 5. The first-order valence-electron chi connectivity index (χ1n) is 10.3. The summed E-state index contributed by atoms with van der Waals surface area (Å²) in [6, 6.07) is 7.59. The molecular weight excluding hydrogens is 446 g/mol.